The normalized spacial score (nSPS) is 12.5. The predicted molar refractivity (Wildman–Crippen MR) is 90.9 cm³/mol. The van der Waals surface area contributed by atoms with E-state index >= 15 is 0 Å². The summed E-state index contributed by atoms with van der Waals surface area (Å²) in [7, 11) is 0. The van der Waals surface area contributed by atoms with Crippen molar-refractivity contribution in [1.29, 1.82) is 0 Å². The third kappa shape index (κ3) is 4.92. The molecule has 22 heavy (non-hydrogen) atoms. The van der Waals surface area contributed by atoms with Crippen LogP contribution in [0, 0.1) is 0 Å². The number of alkyl halides is 3. The third-order valence-electron chi connectivity index (χ3n) is 2.68. The molecule has 1 unspecified atom stereocenters. The van der Waals surface area contributed by atoms with E-state index in [0.717, 1.165) is 0 Å². The summed E-state index contributed by atoms with van der Waals surface area (Å²) in [6.07, 6.45) is 0.522. The lowest BCUT2D eigenvalue weighted by Gasteiger charge is -2.27. The van der Waals surface area contributed by atoms with Crippen LogP contribution in [0.1, 0.15) is 10.4 Å². The molecule has 1 heterocycles. The fourth-order valence-electron chi connectivity index (χ4n) is 1.63. The number of carbonyl (C=O) groups is 1. The number of nitrogens with zero attached hydrogens (tertiary/aromatic N) is 1. The van der Waals surface area contributed by atoms with Crippen molar-refractivity contribution in [1.82, 2.24) is 10.3 Å². The number of carbonyl (C=O) groups excluding carboxylic acids is 1. The van der Waals surface area contributed by atoms with E-state index in [-0.39, 0.29) is 5.91 Å². The van der Waals surface area contributed by atoms with Crippen molar-refractivity contribution < 1.29 is 4.79 Å². The molecule has 4 nitrogen and oxygen atoms in total. The van der Waals surface area contributed by atoms with Crippen LogP contribution in [0.15, 0.2) is 48.7 Å². The number of rotatable bonds is 4. The number of hydrogen-bond donors (Lipinski definition) is 2. The summed E-state index contributed by atoms with van der Waals surface area (Å²) in [5, 5.41) is 5.86. The molecule has 2 N–H and O–H groups in total. The number of benzene rings is 1. The first-order chi connectivity index (χ1) is 10.4. The van der Waals surface area contributed by atoms with Crippen molar-refractivity contribution in [2.24, 2.45) is 0 Å². The van der Waals surface area contributed by atoms with E-state index in [0.29, 0.717) is 16.4 Å². The van der Waals surface area contributed by atoms with Crippen LogP contribution >= 0.6 is 46.4 Å². The van der Waals surface area contributed by atoms with Crippen molar-refractivity contribution >= 4 is 58.0 Å². The molecule has 0 spiro atoms. The van der Waals surface area contributed by atoms with E-state index < -0.39 is 9.96 Å². The van der Waals surface area contributed by atoms with Gasteiger partial charge in [-0.15, -0.1) is 0 Å². The topological polar surface area (TPSA) is 54.0 Å². The number of halogens is 4. The van der Waals surface area contributed by atoms with E-state index in [1.807, 2.05) is 0 Å². The van der Waals surface area contributed by atoms with Crippen molar-refractivity contribution in [3.05, 3.63) is 59.4 Å². The average Bonchev–Trinajstić information content (AvgIpc) is 2.48. The van der Waals surface area contributed by atoms with Crippen LogP contribution in [-0.2, 0) is 0 Å². The molecule has 0 fully saturated rings. The van der Waals surface area contributed by atoms with Crippen LogP contribution < -0.4 is 10.6 Å². The Kier molecular flexibility index (Phi) is 5.75. The summed E-state index contributed by atoms with van der Waals surface area (Å²) in [5.74, 6) is -0.369. The first-order valence-electron chi connectivity index (χ1n) is 6.17. The van der Waals surface area contributed by atoms with E-state index in [1.54, 1.807) is 42.5 Å². The second kappa shape index (κ2) is 7.38. The van der Waals surface area contributed by atoms with Crippen molar-refractivity contribution in [3.63, 3.8) is 0 Å². The minimum Gasteiger partial charge on any atom is -0.361 e. The van der Waals surface area contributed by atoms with Gasteiger partial charge in [0.05, 0.1) is 11.9 Å². The Morgan fingerprint density at radius 3 is 2.32 bits per heavy atom. The molecular formula is C14H11Cl4N3O. The summed E-state index contributed by atoms with van der Waals surface area (Å²) < 4.78 is -1.76. The van der Waals surface area contributed by atoms with Gasteiger partial charge in [-0.3, -0.25) is 4.79 Å². The van der Waals surface area contributed by atoms with E-state index in [1.165, 1.54) is 6.20 Å². The lowest BCUT2D eigenvalue weighted by atomic mass is 10.2. The molecule has 0 saturated heterocycles. The zero-order chi connectivity index (χ0) is 16.2. The monoisotopic (exact) mass is 377 g/mol. The summed E-state index contributed by atoms with van der Waals surface area (Å²) in [5.41, 5.74) is 1.01. The Morgan fingerprint density at radius 2 is 1.77 bits per heavy atom. The van der Waals surface area contributed by atoms with Crippen LogP contribution in [0.3, 0.4) is 0 Å². The molecule has 0 aliphatic heterocycles. The Morgan fingerprint density at radius 1 is 1.09 bits per heavy atom. The molecule has 1 aromatic heterocycles. The molecule has 8 heteroatoms. The highest BCUT2D eigenvalue weighted by Crippen LogP contribution is 2.31. The lowest BCUT2D eigenvalue weighted by molar-refractivity contribution is 0.0942. The van der Waals surface area contributed by atoms with Crippen LogP contribution in [0.2, 0.25) is 5.15 Å². The molecule has 0 bridgehead atoms. The Labute approximate surface area is 147 Å². The molecule has 2 aromatic rings. The fourth-order valence-corrected chi connectivity index (χ4v) is 2.07. The van der Waals surface area contributed by atoms with Gasteiger partial charge in [0.15, 0.2) is 0 Å². The lowest BCUT2D eigenvalue weighted by Crippen LogP contribution is -2.49. The van der Waals surface area contributed by atoms with Gasteiger partial charge in [-0.2, -0.15) is 0 Å². The zero-order valence-electron chi connectivity index (χ0n) is 11.1. The maximum Gasteiger partial charge on any atom is 0.252 e. The molecule has 1 atom stereocenters. The average molecular weight is 379 g/mol. The number of aromatic nitrogens is 1. The second-order valence-corrected chi connectivity index (χ2v) is 7.08. The second-order valence-electron chi connectivity index (χ2n) is 4.33. The van der Waals surface area contributed by atoms with Gasteiger partial charge in [0.2, 0.25) is 3.79 Å². The van der Waals surface area contributed by atoms with Gasteiger partial charge < -0.3 is 10.6 Å². The predicted octanol–water partition coefficient (Wildman–Crippen LogP) is 4.27. The van der Waals surface area contributed by atoms with Gasteiger partial charge in [0.1, 0.15) is 11.3 Å². The summed E-state index contributed by atoms with van der Waals surface area (Å²) in [4.78, 5) is 16.1. The highest BCUT2D eigenvalue weighted by atomic mass is 35.6. The molecule has 0 aliphatic carbocycles. The molecule has 0 aliphatic rings. The fraction of sp³-hybridized carbons (Fsp3) is 0.143. The van der Waals surface area contributed by atoms with Crippen molar-refractivity contribution in [2.45, 2.75) is 9.96 Å². The minimum atomic E-state index is -1.76. The van der Waals surface area contributed by atoms with Gasteiger partial charge in [-0.25, -0.2) is 4.98 Å². The van der Waals surface area contributed by atoms with E-state index in [9.17, 15) is 4.79 Å². The van der Waals surface area contributed by atoms with Gasteiger partial charge in [0, 0.05) is 5.56 Å². The molecule has 116 valence electrons. The summed E-state index contributed by atoms with van der Waals surface area (Å²) in [6.45, 7) is 0. The van der Waals surface area contributed by atoms with Crippen LogP contribution in [0.25, 0.3) is 0 Å². The maximum atomic E-state index is 12.2. The summed E-state index contributed by atoms with van der Waals surface area (Å²) >= 11 is 23.5. The Hall–Kier alpha value is -1.20. The first-order valence-corrected chi connectivity index (χ1v) is 7.68. The number of amides is 1. The Balaban J connectivity index is 2.13. The smallest absolute Gasteiger partial charge is 0.252 e. The minimum absolute atomic E-state index is 0.337. The third-order valence-corrected chi connectivity index (χ3v) is 3.56. The molecule has 1 aromatic carbocycles. The Bertz CT molecular complexity index is 629. The highest BCUT2D eigenvalue weighted by Gasteiger charge is 2.34. The van der Waals surface area contributed by atoms with Gasteiger partial charge in [0.25, 0.3) is 5.91 Å². The summed E-state index contributed by atoms with van der Waals surface area (Å²) in [6, 6.07) is 11.9. The van der Waals surface area contributed by atoms with Crippen LogP contribution in [0.5, 0.6) is 0 Å². The largest absolute Gasteiger partial charge is 0.361 e. The highest BCUT2D eigenvalue weighted by molar-refractivity contribution is 6.68. The van der Waals surface area contributed by atoms with E-state index in [4.69, 9.17) is 46.4 Å². The van der Waals surface area contributed by atoms with Crippen molar-refractivity contribution in [3.8, 4) is 0 Å². The zero-order valence-corrected chi connectivity index (χ0v) is 14.1. The molecule has 1 amide bonds. The van der Waals surface area contributed by atoms with Gasteiger partial charge in [-0.05, 0) is 24.3 Å². The molecule has 0 saturated carbocycles. The number of nitrogens with one attached hydrogen (secondary N) is 2. The maximum absolute atomic E-state index is 12.2. The molecule has 2 rings (SSSR count). The van der Waals surface area contributed by atoms with Crippen molar-refractivity contribution in [2.75, 3.05) is 5.32 Å². The number of hydrogen-bond acceptors (Lipinski definition) is 3. The number of anilines is 1. The SMILES string of the molecule is O=C(NC(Nc1ccc(Cl)nc1)C(Cl)(Cl)Cl)c1ccccc1. The molecule has 0 radical (unpaired) electrons. The number of pyridine rings is 1. The standard InChI is InChI=1S/C14H11Cl4N3O/c15-11-7-6-10(8-19-11)20-13(14(16,17)18)21-12(22)9-4-2-1-3-5-9/h1-8,13,20H,(H,21,22). The molecular weight excluding hydrogens is 368 g/mol. The van der Waals surface area contributed by atoms with Crippen LogP contribution in [0.4, 0.5) is 5.69 Å². The van der Waals surface area contributed by atoms with Gasteiger partial charge >= 0.3 is 0 Å². The van der Waals surface area contributed by atoms with Crippen LogP contribution in [-0.4, -0.2) is 20.8 Å². The van der Waals surface area contributed by atoms with E-state index in [2.05, 4.69) is 15.6 Å². The van der Waals surface area contributed by atoms with Gasteiger partial charge in [-0.1, -0.05) is 64.6 Å². The first kappa shape index (κ1) is 17.2. The quantitative estimate of drug-likeness (QED) is 0.474.